The van der Waals surface area contributed by atoms with Gasteiger partial charge in [0.25, 0.3) is 0 Å². The monoisotopic (exact) mass is 376 g/mol. The fourth-order valence-corrected chi connectivity index (χ4v) is 4.47. The van der Waals surface area contributed by atoms with Crippen LogP contribution in [0.15, 0.2) is 33.6 Å². The molecule has 0 amide bonds. The van der Waals surface area contributed by atoms with Crippen molar-refractivity contribution in [2.45, 2.75) is 24.3 Å². The molecule has 1 fully saturated rings. The van der Waals surface area contributed by atoms with Crippen LogP contribution in [0.25, 0.3) is 0 Å². The molecule has 0 radical (unpaired) electrons. The molecule has 1 aliphatic rings. The van der Waals surface area contributed by atoms with Crippen LogP contribution in [0.3, 0.4) is 0 Å². The Bertz CT molecular complexity index is 590. The molecule has 1 heterocycles. The number of hydrogen-bond donors (Lipinski definition) is 1. The topological polar surface area (TPSA) is 60.9 Å². The summed E-state index contributed by atoms with van der Waals surface area (Å²) < 4.78 is 27.4. The van der Waals surface area contributed by atoms with E-state index in [-0.39, 0.29) is 0 Å². The van der Waals surface area contributed by atoms with E-state index in [1.165, 1.54) is 4.31 Å². The third kappa shape index (κ3) is 4.50. The number of piperazine rings is 1. The Hall–Kier alpha value is -0.470. The fraction of sp³-hybridized carbons (Fsp3) is 0.571. The summed E-state index contributed by atoms with van der Waals surface area (Å²) in [5.74, 6) is 0. The van der Waals surface area contributed by atoms with E-state index in [0.717, 1.165) is 4.47 Å². The standard InChI is InChI=1S/C14H21BrN2O3S/c1-14(2,18)11-16-6-8-17(9-7-16)21(19,20)13-5-3-4-12(15)10-13/h3-5,10,18H,6-9,11H2,1-2H3. The molecule has 0 atom stereocenters. The molecule has 0 aromatic heterocycles. The van der Waals surface area contributed by atoms with Crippen molar-refractivity contribution in [3.05, 3.63) is 28.7 Å². The fourth-order valence-electron chi connectivity index (χ4n) is 2.45. The predicted octanol–water partition coefficient (Wildman–Crippen LogP) is 1.53. The van der Waals surface area contributed by atoms with E-state index in [1.54, 1.807) is 38.1 Å². The van der Waals surface area contributed by atoms with Crippen LogP contribution in [0.4, 0.5) is 0 Å². The van der Waals surface area contributed by atoms with Gasteiger partial charge < -0.3 is 5.11 Å². The molecule has 0 aliphatic carbocycles. The third-order valence-electron chi connectivity index (χ3n) is 3.38. The first kappa shape index (κ1) is 16.9. The molecule has 2 rings (SSSR count). The Morgan fingerprint density at radius 3 is 2.38 bits per heavy atom. The zero-order valence-electron chi connectivity index (χ0n) is 12.3. The van der Waals surface area contributed by atoms with Gasteiger partial charge in [0.2, 0.25) is 10.0 Å². The second-order valence-corrected chi connectivity index (χ2v) is 8.80. The lowest BCUT2D eigenvalue weighted by molar-refractivity contribution is 0.0263. The maximum absolute atomic E-state index is 12.6. The van der Waals surface area contributed by atoms with Crippen molar-refractivity contribution in [3.63, 3.8) is 0 Å². The molecule has 21 heavy (non-hydrogen) atoms. The van der Waals surface area contributed by atoms with E-state index in [4.69, 9.17) is 0 Å². The van der Waals surface area contributed by atoms with E-state index in [1.807, 2.05) is 0 Å². The maximum atomic E-state index is 12.6. The normalized spacial score (nSPS) is 18.9. The molecule has 0 spiro atoms. The summed E-state index contributed by atoms with van der Waals surface area (Å²) in [5, 5.41) is 9.83. The Morgan fingerprint density at radius 1 is 1.24 bits per heavy atom. The van der Waals surface area contributed by atoms with E-state index in [0.29, 0.717) is 37.6 Å². The molecular formula is C14H21BrN2O3S. The highest BCUT2D eigenvalue weighted by molar-refractivity contribution is 9.10. The first-order valence-electron chi connectivity index (χ1n) is 6.89. The molecule has 1 N–H and O–H groups in total. The number of sulfonamides is 1. The van der Waals surface area contributed by atoms with Crippen LogP contribution in [-0.2, 0) is 10.0 Å². The number of nitrogens with zero attached hydrogens (tertiary/aromatic N) is 2. The molecule has 5 nitrogen and oxygen atoms in total. The maximum Gasteiger partial charge on any atom is 0.243 e. The van der Waals surface area contributed by atoms with Gasteiger partial charge in [0, 0.05) is 37.2 Å². The van der Waals surface area contributed by atoms with E-state index in [2.05, 4.69) is 20.8 Å². The van der Waals surface area contributed by atoms with Crippen molar-refractivity contribution in [1.29, 1.82) is 0 Å². The zero-order chi connectivity index (χ0) is 15.7. The third-order valence-corrected chi connectivity index (χ3v) is 5.76. The van der Waals surface area contributed by atoms with Crippen molar-refractivity contribution >= 4 is 26.0 Å². The minimum atomic E-state index is -3.44. The lowest BCUT2D eigenvalue weighted by Crippen LogP contribution is -2.51. The van der Waals surface area contributed by atoms with Gasteiger partial charge in [-0.2, -0.15) is 4.31 Å². The number of halogens is 1. The Kier molecular flexibility index (Phi) is 5.10. The molecule has 118 valence electrons. The molecular weight excluding hydrogens is 356 g/mol. The predicted molar refractivity (Wildman–Crippen MR) is 85.6 cm³/mol. The van der Waals surface area contributed by atoms with Gasteiger partial charge in [0.1, 0.15) is 0 Å². The van der Waals surface area contributed by atoms with Crippen LogP contribution in [-0.4, -0.2) is 61.1 Å². The number of aliphatic hydroxyl groups is 1. The molecule has 0 bridgehead atoms. The van der Waals surface area contributed by atoms with Gasteiger partial charge in [0.15, 0.2) is 0 Å². The largest absolute Gasteiger partial charge is 0.389 e. The van der Waals surface area contributed by atoms with Crippen molar-refractivity contribution in [1.82, 2.24) is 9.21 Å². The highest BCUT2D eigenvalue weighted by Gasteiger charge is 2.30. The number of β-amino-alcohol motifs (C(OH)–C–C–N with tert-alkyl or cyclic N) is 1. The van der Waals surface area contributed by atoms with Gasteiger partial charge in [-0.25, -0.2) is 8.42 Å². The minimum Gasteiger partial charge on any atom is -0.389 e. The summed E-state index contributed by atoms with van der Waals surface area (Å²) in [6.07, 6.45) is 0. The van der Waals surface area contributed by atoms with Gasteiger partial charge in [-0.1, -0.05) is 22.0 Å². The summed E-state index contributed by atoms with van der Waals surface area (Å²) in [6.45, 7) is 6.25. The number of hydrogen-bond acceptors (Lipinski definition) is 4. The summed E-state index contributed by atoms with van der Waals surface area (Å²) >= 11 is 3.30. The molecule has 1 aromatic rings. The highest BCUT2D eigenvalue weighted by Crippen LogP contribution is 2.21. The molecule has 1 aliphatic heterocycles. The van der Waals surface area contributed by atoms with Crippen LogP contribution in [0, 0.1) is 0 Å². The zero-order valence-corrected chi connectivity index (χ0v) is 14.7. The summed E-state index contributed by atoms with van der Waals surface area (Å²) in [5.41, 5.74) is -0.759. The Balaban J connectivity index is 2.05. The molecule has 0 unspecified atom stereocenters. The number of rotatable bonds is 4. The highest BCUT2D eigenvalue weighted by atomic mass is 79.9. The smallest absolute Gasteiger partial charge is 0.243 e. The first-order valence-corrected chi connectivity index (χ1v) is 9.12. The van der Waals surface area contributed by atoms with E-state index in [9.17, 15) is 13.5 Å². The van der Waals surface area contributed by atoms with Crippen molar-refractivity contribution in [2.75, 3.05) is 32.7 Å². The van der Waals surface area contributed by atoms with Crippen LogP contribution in [0.2, 0.25) is 0 Å². The number of benzene rings is 1. The van der Waals surface area contributed by atoms with Gasteiger partial charge in [-0.15, -0.1) is 0 Å². The van der Waals surface area contributed by atoms with Crippen LogP contribution in [0.1, 0.15) is 13.8 Å². The van der Waals surface area contributed by atoms with E-state index >= 15 is 0 Å². The second-order valence-electron chi connectivity index (χ2n) is 5.95. The summed E-state index contributed by atoms with van der Waals surface area (Å²) in [4.78, 5) is 2.40. The van der Waals surface area contributed by atoms with Gasteiger partial charge in [-0.3, -0.25) is 4.90 Å². The quantitative estimate of drug-likeness (QED) is 0.865. The molecule has 1 saturated heterocycles. The lowest BCUT2D eigenvalue weighted by atomic mass is 10.1. The van der Waals surface area contributed by atoms with Crippen LogP contribution >= 0.6 is 15.9 Å². The second kappa shape index (κ2) is 6.34. The molecule has 0 saturated carbocycles. The molecule has 7 heteroatoms. The van der Waals surface area contributed by atoms with Crippen molar-refractivity contribution in [2.24, 2.45) is 0 Å². The first-order chi connectivity index (χ1) is 9.68. The average molecular weight is 377 g/mol. The van der Waals surface area contributed by atoms with Crippen LogP contribution < -0.4 is 0 Å². The van der Waals surface area contributed by atoms with E-state index < -0.39 is 15.6 Å². The van der Waals surface area contributed by atoms with Crippen molar-refractivity contribution < 1.29 is 13.5 Å². The lowest BCUT2D eigenvalue weighted by Gasteiger charge is -2.36. The Morgan fingerprint density at radius 2 is 1.86 bits per heavy atom. The van der Waals surface area contributed by atoms with Gasteiger partial charge in [0.05, 0.1) is 10.5 Å². The Labute approximate surface area is 134 Å². The minimum absolute atomic E-state index is 0.313. The van der Waals surface area contributed by atoms with Gasteiger partial charge >= 0.3 is 0 Å². The van der Waals surface area contributed by atoms with Crippen LogP contribution in [0.5, 0.6) is 0 Å². The molecule has 1 aromatic carbocycles. The SMILES string of the molecule is CC(C)(O)CN1CCN(S(=O)(=O)c2cccc(Br)c2)CC1. The summed E-state index contributed by atoms with van der Waals surface area (Å²) in [6, 6.07) is 6.77. The van der Waals surface area contributed by atoms with Crippen molar-refractivity contribution in [3.8, 4) is 0 Å². The van der Waals surface area contributed by atoms with Gasteiger partial charge in [-0.05, 0) is 32.0 Å². The average Bonchev–Trinajstić information content (AvgIpc) is 2.37. The summed E-state index contributed by atoms with van der Waals surface area (Å²) in [7, 11) is -3.44.